The minimum absolute atomic E-state index is 0.581. The highest BCUT2D eigenvalue weighted by molar-refractivity contribution is 7.70. The first-order chi connectivity index (χ1) is 7.88. The molecule has 4 nitrogen and oxygen atoms in total. The lowest BCUT2D eigenvalue weighted by atomic mass is 10.1. The van der Waals surface area contributed by atoms with Gasteiger partial charge in [-0.05, 0) is 25.5 Å². The van der Waals surface area contributed by atoms with E-state index in [0.717, 1.165) is 16.6 Å². The van der Waals surface area contributed by atoms with Crippen molar-refractivity contribution in [2.75, 3.05) is 19.1 Å². The maximum atomic E-state index is 12.1. The van der Waals surface area contributed by atoms with Crippen LogP contribution in [-0.4, -0.2) is 22.9 Å². The predicted octanol–water partition coefficient (Wildman–Crippen LogP) is 1.92. The van der Waals surface area contributed by atoms with Crippen LogP contribution >= 0.6 is 7.14 Å². The quantitative estimate of drug-likeness (QED) is 0.653. The van der Waals surface area contributed by atoms with E-state index in [1.165, 1.54) is 0 Å². The van der Waals surface area contributed by atoms with E-state index in [0.29, 0.717) is 5.69 Å². The van der Waals surface area contributed by atoms with Crippen LogP contribution in [0, 0.1) is 0 Å². The van der Waals surface area contributed by atoms with E-state index in [2.05, 4.69) is 4.98 Å². The second kappa shape index (κ2) is 4.04. The molecule has 2 aromatic rings. The van der Waals surface area contributed by atoms with Gasteiger partial charge in [-0.25, -0.2) is 4.98 Å². The summed E-state index contributed by atoms with van der Waals surface area (Å²) >= 11 is 0. The van der Waals surface area contributed by atoms with Crippen molar-refractivity contribution in [2.24, 2.45) is 7.05 Å². The highest BCUT2D eigenvalue weighted by atomic mass is 31.2. The number of nitrogens with zero attached hydrogens (tertiary/aromatic N) is 2. The molecule has 0 bridgehead atoms. The molecule has 1 heterocycles. The maximum Gasteiger partial charge on any atom is 0.111 e. The number of benzene rings is 1. The summed E-state index contributed by atoms with van der Waals surface area (Å²) in [6, 6.07) is 5.56. The Bertz CT molecular complexity index is 598. The Kier molecular flexibility index (Phi) is 2.84. The fourth-order valence-corrected chi connectivity index (χ4v) is 2.88. The molecule has 2 N–H and O–H groups in total. The SMILES string of the molecule is Cn1cnc(-c2ccc(N)c(P(C)(C)=O)c2)c1. The smallest absolute Gasteiger partial charge is 0.111 e. The highest BCUT2D eigenvalue weighted by Crippen LogP contribution is 2.38. The fraction of sp³-hybridized carbons (Fsp3) is 0.250. The molecule has 0 aliphatic heterocycles. The van der Waals surface area contributed by atoms with E-state index < -0.39 is 7.14 Å². The standard InChI is InChI=1S/C12H16N3OP/c1-15-7-11(14-8-15)9-4-5-10(13)12(6-9)17(2,3)16/h4-8H,13H2,1-3H3. The predicted molar refractivity (Wildman–Crippen MR) is 72.1 cm³/mol. The molecule has 0 radical (unpaired) electrons. The van der Waals surface area contributed by atoms with E-state index in [1.54, 1.807) is 25.7 Å². The van der Waals surface area contributed by atoms with Gasteiger partial charge in [0.05, 0.1) is 12.0 Å². The highest BCUT2D eigenvalue weighted by Gasteiger charge is 2.16. The first-order valence-electron chi connectivity index (χ1n) is 5.31. The zero-order valence-electron chi connectivity index (χ0n) is 10.2. The first kappa shape index (κ1) is 11.9. The molecule has 0 aliphatic carbocycles. The molecule has 0 saturated carbocycles. The van der Waals surface area contributed by atoms with Crippen LogP contribution in [0.1, 0.15) is 0 Å². The van der Waals surface area contributed by atoms with Crippen LogP contribution in [0.2, 0.25) is 0 Å². The average molecular weight is 249 g/mol. The number of hydrogen-bond donors (Lipinski definition) is 1. The Labute approximate surface area is 101 Å². The van der Waals surface area contributed by atoms with E-state index in [1.807, 2.05) is 29.9 Å². The van der Waals surface area contributed by atoms with E-state index in [9.17, 15) is 4.57 Å². The lowest BCUT2D eigenvalue weighted by Gasteiger charge is -2.11. The average Bonchev–Trinajstić information content (AvgIpc) is 2.64. The maximum absolute atomic E-state index is 12.1. The summed E-state index contributed by atoms with van der Waals surface area (Å²) in [4.78, 5) is 4.27. The van der Waals surface area contributed by atoms with Crippen LogP contribution in [0.4, 0.5) is 5.69 Å². The minimum Gasteiger partial charge on any atom is -0.398 e. The molecule has 90 valence electrons. The van der Waals surface area contributed by atoms with Gasteiger partial charge in [0.25, 0.3) is 0 Å². The molecular formula is C12H16N3OP. The molecule has 0 fully saturated rings. The Morgan fingerprint density at radius 2 is 2.06 bits per heavy atom. The Balaban J connectivity index is 2.55. The van der Waals surface area contributed by atoms with Crippen LogP contribution < -0.4 is 11.0 Å². The van der Waals surface area contributed by atoms with Crippen LogP contribution in [0.5, 0.6) is 0 Å². The second-order valence-electron chi connectivity index (χ2n) is 4.55. The third-order valence-electron chi connectivity index (χ3n) is 2.61. The third-order valence-corrected chi connectivity index (χ3v) is 4.16. The van der Waals surface area contributed by atoms with Gasteiger partial charge in [0.15, 0.2) is 0 Å². The molecule has 17 heavy (non-hydrogen) atoms. The summed E-state index contributed by atoms with van der Waals surface area (Å²) in [6.07, 6.45) is 3.66. The van der Waals surface area contributed by atoms with Crippen molar-refractivity contribution < 1.29 is 4.57 Å². The normalized spacial score (nSPS) is 11.7. The van der Waals surface area contributed by atoms with Crippen molar-refractivity contribution in [3.05, 3.63) is 30.7 Å². The van der Waals surface area contributed by atoms with Gasteiger partial charge in [-0.3, -0.25) is 0 Å². The molecule has 0 saturated heterocycles. The summed E-state index contributed by atoms with van der Waals surface area (Å²) < 4.78 is 14.0. The number of nitrogens with two attached hydrogens (primary N) is 1. The number of imidazole rings is 1. The van der Waals surface area contributed by atoms with E-state index in [-0.39, 0.29) is 0 Å². The third kappa shape index (κ3) is 2.42. The molecule has 1 aromatic carbocycles. The number of anilines is 1. The summed E-state index contributed by atoms with van der Waals surface area (Å²) in [5, 5.41) is 0.723. The van der Waals surface area contributed by atoms with Crippen LogP contribution in [-0.2, 0) is 11.6 Å². The van der Waals surface area contributed by atoms with Gasteiger partial charge in [0.2, 0.25) is 0 Å². The number of hydrogen-bond acceptors (Lipinski definition) is 3. The van der Waals surface area contributed by atoms with Crippen molar-refractivity contribution in [3.8, 4) is 11.3 Å². The van der Waals surface area contributed by atoms with Crippen molar-refractivity contribution in [1.29, 1.82) is 0 Å². The minimum atomic E-state index is -2.36. The Morgan fingerprint density at radius 3 is 2.59 bits per heavy atom. The largest absolute Gasteiger partial charge is 0.398 e. The van der Waals surface area contributed by atoms with Crippen molar-refractivity contribution >= 4 is 18.1 Å². The molecule has 1 aromatic heterocycles. The number of aryl methyl sites for hydroxylation is 1. The number of rotatable bonds is 2. The lowest BCUT2D eigenvalue weighted by molar-refractivity contribution is 0.588. The van der Waals surface area contributed by atoms with Gasteiger partial charge in [-0.2, -0.15) is 0 Å². The fourth-order valence-electron chi connectivity index (χ4n) is 1.73. The van der Waals surface area contributed by atoms with E-state index in [4.69, 9.17) is 5.73 Å². The zero-order chi connectivity index (χ0) is 12.6. The summed E-state index contributed by atoms with van der Waals surface area (Å²) in [6.45, 7) is 3.45. The van der Waals surface area contributed by atoms with Gasteiger partial charge in [-0.1, -0.05) is 6.07 Å². The lowest BCUT2D eigenvalue weighted by Crippen LogP contribution is -2.09. The molecule has 2 rings (SSSR count). The van der Waals surface area contributed by atoms with Gasteiger partial charge < -0.3 is 14.9 Å². The molecule has 0 aliphatic rings. The van der Waals surface area contributed by atoms with Crippen LogP contribution in [0.25, 0.3) is 11.3 Å². The number of nitrogen functional groups attached to an aromatic ring is 1. The molecule has 0 amide bonds. The van der Waals surface area contributed by atoms with Gasteiger partial charge >= 0.3 is 0 Å². The second-order valence-corrected chi connectivity index (χ2v) is 7.73. The molecule has 0 spiro atoms. The van der Waals surface area contributed by atoms with Crippen molar-refractivity contribution in [3.63, 3.8) is 0 Å². The molecular weight excluding hydrogens is 233 g/mol. The van der Waals surface area contributed by atoms with Gasteiger partial charge in [0.1, 0.15) is 7.14 Å². The summed E-state index contributed by atoms with van der Waals surface area (Å²) in [7, 11) is -0.440. The monoisotopic (exact) mass is 249 g/mol. The Morgan fingerprint density at radius 1 is 1.35 bits per heavy atom. The van der Waals surface area contributed by atoms with Crippen molar-refractivity contribution in [2.45, 2.75) is 0 Å². The Hall–Kier alpha value is -1.54. The van der Waals surface area contributed by atoms with Crippen LogP contribution in [0.3, 0.4) is 0 Å². The molecule has 0 unspecified atom stereocenters. The summed E-state index contributed by atoms with van der Waals surface area (Å²) in [5.41, 5.74) is 8.25. The van der Waals surface area contributed by atoms with E-state index >= 15 is 0 Å². The van der Waals surface area contributed by atoms with Crippen molar-refractivity contribution in [1.82, 2.24) is 9.55 Å². The topological polar surface area (TPSA) is 60.9 Å². The summed E-state index contributed by atoms with van der Waals surface area (Å²) in [5.74, 6) is 0. The number of aromatic nitrogens is 2. The van der Waals surface area contributed by atoms with Gasteiger partial charge in [-0.15, -0.1) is 0 Å². The first-order valence-corrected chi connectivity index (χ1v) is 7.91. The molecule has 0 atom stereocenters. The molecule has 5 heteroatoms. The van der Waals surface area contributed by atoms with Gasteiger partial charge in [0, 0.05) is 29.8 Å². The zero-order valence-corrected chi connectivity index (χ0v) is 11.1. The van der Waals surface area contributed by atoms with Crippen LogP contribution in [0.15, 0.2) is 30.7 Å².